The van der Waals surface area contributed by atoms with Crippen LogP contribution < -0.4 is 0 Å². The highest BCUT2D eigenvalue weighted by atomic mass is 16.6. The number of carbonyl (C=O) groups is 2. The lowest BCUT2D eigenvalue weighted by Gasteiger charge is -2.71. The number of benzene rings is 1. The second-order valence-electron chi connectivity index (χ2n) is 19.0. The first-order valence-corrected chi connectivity index (χ1v) is 20.0. The number of ether oxygens (including phenoxy) is 5. The highest BCUT2D eigenvalue weighted by Gasteiger charge is 2.72. The molecule has 0 aromatic heterocycles. The van der Waals surface area contributed by atoms with Crippen molar-refractivity contribution in [3.63, 3.8) is 0 Å². The molecule has 9 nitrogen and oxygen atoms in total. The molecule has 6 rings (SSSR count). The summed E-state index contributed by atoms with van der Waals surface area (Å²) in [6.07, 6.45) is 7.36. The zero-order valence-corrected chi connectivity index (χ0v) is 33.7. The molecule has 1 aromatic carbocycles. The largest absolute Gasteiger partial charge is 0.463 e. The van der Waals surface area contributed by atoms with E-state index < -0.39 is 29.7 Å². The summed E-state index contributed by atoms with van der Waals surface area (Å²) in [4.78, 5) is 26.2. The molecule has 0 amide bonds. The Bertz CT molecular complexity index is 1530. The molecule has 296 valence electrons. The van der Waals surface area contributed by atoms with Crippen LogP contribution in [-0.4, -0.2) is 80.1 Å². The fourth-order valence-corrected chi connectivity index (χ4v) is 12.5. The minimum atomic E-state index is -1.73. The lowest BCUT2D eigenvalue weighted by Crippen LogP contribution is -2.70. The van der Waals surface area contributed by atoms with Crippen molar-refractivity contribution in [2.45, 2.75) is 118 Å². The summed E-state index contributed by atoms with van der Waals surface area (Å²) in [6, 6.07) is 10.0. The van der Waals surface area contributed by atoms with Crippen molar-refractivity contribution in [3.05, 3.63) is 47.5 Å². The molecule has 5 aliphatic rings. The van der Waals surface area contributed by atoms with Crippen LogP contribution in [0.2, 0.25) is 0 Å². The van der Waals surface area contributed by atoms with Gasteiger partial charge in [0.1, 0.15) is 18.8 Å². The molecular formula is C44H66O9. The lowest BCUT2D eigenvalue weighted by atomic mass is 9.34. The molecule has 4 fully saturated rings. The average Bonchev–Trinajstić information content (AvgIpc) is 3.12. The summed E-state index contributed by atoms with van der Waals surface area (Å²) in [5.74, 6) is 0.443. The number of allylic oxidation sites excluding steroid dienone is 1. The van der Waals surface area contributed by atoms with Crippen molar-refractivity contribution in [1.82, 2.24) is 0 Å². The van der Waals surface area contributed by atoms with Crippen molar-refractivity contribution in [2.24, 2.45) is 56.7 Å². The zero-order valence-electron chi connectivity index (χ0n) is 33.7. The van der Waals surface area contributed by atoms with Gasteiger partial charge >= 0.3 is 11.9 Å². The van der Waals surface area contributed by atoms with Crippen molar-refractivity contribution >= 4 is 11.9 Å². The Kier molecular flexibility index (Phi) is 11.2. The first kappa shape index (κ1) is 40.4. The van der Waals surface area contributed by atoms with E-state index in [2.05, 4.69) is 54.5 Å². The number of aliphatic hydroxyl groups excluding tert-OH is 1. The van der Waals surface area contributed by atoms with Crippen LogP contribution in [0.25, 0.3) is 0 Å². The quantitative estimate of drug-likeness (QED) is 0.174. The predicted octanol–water partition coefficient (Wildman–Crippen LogP) is 6.92. The fraction of sp³-hybridized carbons (Fsp3) is 0.773. The van der Waals surface area contributed by atoms with Crippen molar-refractivity contribution in [2.75, 3.05) is 40.1 Å². The Hall–Kier alpha value is -2.30. The van der Waals surface area contributed by atoms with Gasteiger partial charge in [-0.3, -0.25) is 9.59 Å². The molecule has 3 saturated carbocycles. The number of hydrogen-bond acceptors (Lipinski definition) is 9. The van der Waals surface area contributed by atoms with E-state index in [1.165, 1.54) is 12.5 Å². The van der Waals surface area contributed by atoms with Crippen LogP contribution in [0.4, 0.5) is 0 Å². The summed E-state index contributed by atoms with van der Waals surface area (Å²) in [5.41, 5.74) is -0.596. The zero-order chi connectivity index (χ0) is 38.6. The van der Waals surface area contributed by atoms with Gasteiger partial charge in [-0.15, -0.1) is 0 Å². The molecule has 1 heterocycles. The first-order valence-electron chi connectivity index (χ1n) is 20.0. The van der Waals surface area contributed by atoms with E-state index >= 15 is 0 Å². The van der Waals surface area contributed by atoms with Gasteiger partial charge in [0.2, 0.25) is 0 Å². The Balaban J connectivity index is 1.35. The SMILES string of the molecule is CO[C@@H]1C[C@@]23COCC(C)([C@H]1OCC(O)(CO)COC(C)=O)[C@@H]2CC[C@H]1C3=CC[C@@]2(C)[C@H](C(=O)OCc3ccccc3)[C@@](C)([C@H](C)C(C)C)CC[C@]12C. The van der Waals surface area contributed by atoms with E-state index in [-0.39, 0.29) is 71.3 Å². The number of methoxy groups -OCH3 is 1. The van der Waals surface area contributed by atoms with Crippen molar-refractivity contribution in [3.8, 4) is 0 Å². The minimum absolute atomic E-state index is 0.0665. The van der Waals surface area contributed by atoms with Gasteiger partial charge < -0.3 is 33.9 Å². The molecule has 53 heavy (non-hydrogen) atoms. The van der Waals surface area contributed by atoms with Gasteiger partial charge in [0.25, 0.3) is 0 Å². The van der Waals surface area contributed by atoms with Crippen LogP contribution in [0, 0.1) is 56.7 Å². The number of aliphatic hydroxyl groups is 2. The van der Waals surface area contributed by atoms with Gasteiger partial charge in [-0.2, -0.15) is 0 Å². The molecule has 1 saturated heterocycles. The second kappa shape index (κ2) is 14.6. The van der Waals surface area contributed by atoms with E-state index in [0.717, 1.165) is 44.1 Å². The van der Waals surface area contributed by atoms with Gasteiger partial charge in [-0.05, 0) is 84.0 Å². The lowest BCUT2D eigenvalue weighted by molar-refractivity contribution is -0.276. The number of hydrogen-bond donors (Lipinski definition) is 2. The maximum atomic E-state index is 14.7. The fourth-order valence-electron chi connectivity index (χ4n) is 12.5. The Morgan fingerprint density at radius 3 is 2.34 bits per heavy atom. The molecule has 1 aliphatic heterocycles. The van der Waals surface area contributed by atoms with E-state index in [4.69, 9.17) is 23.7 Å². The average molecular weight is 739 g/mol. The Morgan fingerprint density at radius 1 is 0.981 bits per heavy atom. The molecule has 9 heteroatoms. The third-order valence-electron chi connectivity index (χ3n) is 16.0. The molecule has 12 atom stereocenters. The Labute approximate surface area is 317 Å². The van der Waals surface area contributed by atoms with Crippen LogP contribution in [0.3, 0.4) is 0 Å². The van der Waals surface area contributed by atoms with Crippen LogP contribution >= 0.6 is 0 Å². The van der Waals surface area contributed by atoms with Crippen molar-refractivity contribution in [1.29, 1.82) is 0 Å². The third kappa shape index (κ3) is 6.52. The van der Waals surface area contributed by atoms with E-state index in [1.807, 2.05) is 30.3 Å². The maximum Gasteiger partial charge on any atom is 0.310 e. The molecule has 1 aromatic rings. The number of carbonyl (C=O) groups excluding carboxylic acids is 2. The van der Waals surface area contributed by atoms with Crippen LogP contribution in [0.15, 0.2) is 42.0 Å². The predicted molar refractivity (Wildman–Crippen MR) is 201 cm³/mol. The normalized spacial score (nSPS) is 40.8. The monoisotopic (exact) mass is 738 g/mol. The van der Waals surface area contributed by atoms with Gasteiger partial charge in [0, 0.05) is 24.9 Å². The van der Waals surface area contributed by atoms with E-state index in [0.29, 0.717) is 25.0 Å². The summed E-state index contributed by atoms with van der Waals surface area (Å²) in [7, 11) is 1.73. The van der Waals surface area contributed by atoms with Gasteiger partial charge in [0.05, 0.1) is 44.6 Å². The topological polar surface area (TPSA) is 121 Å². The third-order valence-corrected chi connectivity index (χ3v) is 16.0. The van der Waals surface area contributed by atoms with Gasteiger partial charge in [-0.25, -0.2) is 0 Å². The van der Waals surface area contributed by atoms with Crippen LogP contribution in [-0.2, 0) is 39.9 Å². The molecular weight excluding hydrogens is 672 g/mol. The number of fused-ring (bicyclic) bond motifs is 3. The summed E-state index contributed by atoms with van der Waals surface area (Å²) in [6.45, 7) is 17.9. The highest BCUT2D eigenvalue weighted by molar-refractivity contribution is 5.75. The standard InChI is InChI=1S/C44H66O9/c1-28(2)29(3)39(5)19-20-41(7)32-15-16-35-40(6)24-50-27-44(35,21-34(49-9)37(40)53-26-43(48,23-45)25-52-30(4)46)33(32)17-18-42(41,8)36(39)38(47)51-22-31-13-11-10-12-14-31/h10-14,17,28-29,32,34-37,45,48H,15-16,18-27H2,1-9H3/t29-,32+,34-,35+,36-,37+,39-,40?,41-,42+,43?,44+/m1/s1. The summed E-state index contributed by atoms with van der Waals surface area (Å²) in [5, 5.41) is 21.2. The van der Waals surface area contributed by atoms with Crippen LogP contribution in [0.5, 0.6) is 0 Å². The smallest absolute Gasteiger partial charge is 0.310 e. The molecule has 0 radical (unpaired) electrons. The first-order chi connectivity index (χ1) is 24.9. The molecule has 0 spiro atoms. The van der Waals surface area contributed by atoms with E-state index in [1.54, 1.807) is 7.11 Å². The highest BCUT2D eigenvalue weighted by Crippen LogP contribution is 2.75. The molecule has 2 bridgehead atoms. The van der Waals surface area contributed by atoms with E-state index in [9.17, 15) is 19.8 Å². The minimum Gasteiger partial charge on any atom is -0.463 e. The number of rotatable bonds is 12. The van der Waals surface area contributed by atoms with Crippen LogP contribution in [0.1, 0.15) is 99.5 Å². The molecule has 4 aliphatic carbocycles. The van der Waals surface area contributed by atoms with Crippen molar-refractivity contribution < 1.29 is 43.5 Å². The second-order valence-corrected chi connectivity index (χ2v) is 19.0. The summed E-state index contributed by atoms with van der Waals surface area (Å²) < 4.78 is 30.8. The molecule has 2 unspecified atom stereocenters. The number of esters is 2. The summed E-state index contributed by atoms with van der Waals surface area (Å²) >= 11 is 0. The Morgan fingerprint density at radius 2 is 1.70 bits per heavy atom. The van der Waals surface area contributed by atoms with Gasteiger partial charge in [0.15, 0.2) is 0 Å². The molecule has 2 N–H and O–H groups in total. The van der Waals surface area contributed by atoms with Gasteiger partial charge in [-0.1, -0.05) is 90.4 Å². The maximum absolute atomic E-state index is 14.7.